The van der Waals surface area contributed by atoms with Crippen LogP contribution in [-0.4, -0.2) is 33.3 Å². The Balaban J connectivity index is 2.25. The molecule has 1 unspecified atom stereocenters. The fourth-order valence-electron chi connectivity index (χ4n) is 3.91. The monoisotopic (exact) mass is 465 g/mol. The number of aliphatic carboxylic acids is 1. The molecule has 0 spiro atoms. The maximum Gasteiger partial charge on any atom is 0.387 e. The summed E-state index contributed by atoms with van der Waals surface area (Å²) in [7, 11) is 0. The van der Waals surface area contributed by atoms with Crippen LogP contribution in [0.15, 0.2) is 36.4 Å². The van der Waals surface area contributed by atoms with Crippen LogP contribution in [0.4, 0.5) is 8.78 Å². The third-order valence-electron chi connectivity index (χ3n) is 5.25. The number of aromatic nitrogens is 1. The van der Waals surface area contributed by atoms with Crippen LogP contribution in [0.25, 0.3) is 10.9 Å². The lowest BCUT2D eigenvalue weighted by Gasteiger charge is -2.27. The van der Waals surface area contributed by atoms with Gasteiger partial charge >= 0.3 is 12.6 Å². The van der Waals surface area contributed by atoms with Crippen LogP contribution in [0.2, 0.25) is 5.02 Å². The molecule has 2 aromatic carbocycles. The third-order valence-corrected chi connectivity index (χ3v) is 5.56. The lowest BCUT2D eigenvalue weighted by molar-refractivity contribution is -0.141. The number of benzene rings is 2. The van der Waals surface area contributed by atoms with Crippen molar-refractivity contribution in [1.29, 1.82) is 0 Å². The Labute approximate surface area is 188 Å². The molecule has 0 aliphatic rings. The number of fused-ring (bicyclic) bond motifs is 1. The highest BCUT2D eigenvalue weighted by molar-refractivity contribution is 6.33. The molecule has 32 heavy (non-hydrogen) atoms. The van der Waals surface area contributed by atoms with E-state index < -0.39 is 29.8 Å². The van der Waals surface area contributed by atoms with E-state index in [2.05, 4.69) is 4.74 Å². The van der Waals surface area contributed by atoms with Crippen molar-refractivity contribution in [3.63, 3.8) is 0 Å². The number of halogens is 3. The molecule has 170 valence electrons. The third kappa shape index (κ3) is 4.27. The number of ether oxygens (including phenoxy) is 1. The molecule has 1 heterocycles. The standard InChI is InChI=1S/C23H22ClF2NO5/c1-11-18(19(21(30)31)23(2,3)4)14-9-17(28)15(24)10-16(14)27(11)20(29)12-5-7-13(8-6-12)32-22(25)26/h5-10,19,22,28H,1-4H3,(H,30,31). The average molecular weight is 466 g/mol. The Morgan fingerprint density at radius 2 is 1.72 bits per heavy atom. The summed E-state index contributed by atoms with van der Waals surface area (Å²) < 4.78 is 30.5. The predicted molar refractivity (Wildman–Crippen MR) is 116 cm³/mol. The van der Waals surface area contributed by atoms with Gasteiger partial charge < -0.3 is 14.9 Å². The maximum atomic E-state index is 13.4. The van der Waals surface area contributed by atoms with E-state index in [4.69, 9.17) is 11.6 Å². The van der Waals surface area contributed by atoms with Gasteiger partial charge in [0.2, 0.25) is 0 Å². The van der Waals surface area contributed by atoms with Gasteiger partial charge in [0.05, 0.1) is 16.5 Å². The van der Waals surface area contributed by atoms with Gasteiger partial charge in [-0.3, -0.25) is 14.2 Å². The van der Waals surface area contributed by atoms with Crippen LogP contribution >= 0.6 is 11.6 Å². The Morgan fingerprint density at radius 1 is 1.12 bits per heavy atom. The lowest BCUT2D eigenvalue weighted by atomic mass is 9.75. The van der Waals surface area contributed by atoms with E-state index >= 15 is 0 Å². The second-order valence-corrected chi connectivity index (χ2v) is 8.91. The summed E-state index contributed by atoms with van der Waals surface area (Å²) in [5.41, 5.74) is 0.556. The van der Waals surface area contributed by atoms with Gasteiger partial charge in [0.15, 0.2) is 0 Å². The summed E-state index contributed by atoms with van der Waals surface area (Å²) in [6.45, 7) is 3.94. The van der Waals surface area contributed by atoms with Crippen molar-refractivity contribution in [1.82, 2.24) is 4.57 Å². The molecule has 6 nitrogen and oxygen atoms in total. The van der Waals surface area contributed by atoms with Crippen LogP contribution in [0.5, 0.6) is 11.5 Å². The molecule has 0 aliphatic heterocycles. The normalized spacial score (nSPS) is 12.9. The minimum absolute atomic E-state index is 0.00100. The molecule has 2 N–H and O–H groups in total. The van der Waals surface area contributed by atoms with E-state index in [1.165, 1.54) is 41.0 Å². The first kappa shape index (κ1) is 23.5. The second-order valence-electron chi connectivity index (χ2n) is 8.50. The molecule has 3 aromatic rings. The Bertz CT molecular complexity index is 1200. The number of carboxylic acid groups (broad SMARTS) is 1. The minimum atomic E-state index is -2.99. The van der Waals surface area contributed by atoms with Gasteiger partial charge in [-0.25, -0.2) is 0 Å². The molecule has 0 saturated heterocycles. The van der Waals surface area contributed by atoms with Gasteiger partial charge in [-0.2, -0.15) is 8.78 Å². The SMILES string of the molecule is Cc1c(C(C(=O)O)C(C)(C)C)c2cc(O)c(Cl)cc2n1C(=O)c1ccc(OC(F)F)cc1. The summed E-state index contributed by atoms with van der Waals surface area (Å²) in [6.07, 6.45) is 0. The smallest absolute Gasteiger partial charge is 0.387 e. The van der Waals surface area contributed by atoms with E-state index in [9.17, 15) is 28.6 Å². The molecule has 0 saturated carbocycles. The molecule has 0 fully saturated rings. The van der Waals surface area contributed by atoms with Crippen molar-refractivity contribution in [2.45, 2.75) is 40.2 Å². The summed E-state index contributed by atoms with van der Waals surface area (Å²) in [5, 5.41) is 20.5. The highest BCUT2D eigenvalue weighted by Gasteiger charge is 2.37. The maximum absolute atomic E-state index is 13.4. The molecular weight excluding hydrogens is 444 g/mol. The zero-order valence-electron chi connectivity index (χ0n) is 17.8. The van der Waals surface area contributed by atoms with Gasteiger partial charge in [0, 0.05) is 16.6 Å². The van der Waals surface area contributed by atoms with Crippen LogP contribution in [0, 0.1) is 12.3 Å². The number of phenolic OH excluding ortho intramolecular Hbond substituents is 1. The quantitative estimate of drug-likeness (QED) is 0.496. The number of nitrogens with zero attached hydrogens (tertiary/aromatic N) is 1. The fraction of sp³-hybridized carbons (Fsp3) is 0.304. The van der Waals surface area contributed by atoms with Crippen LogP contribution in [-0.2, 0) is 4.79 Å². The zero-order valence-corrected chi connectivity index (χ0v) is 18.6. The topological polar surface area (TPSA) is 88.8 Å². The molecule has 0 radical (unpaired) electrons. The molecule has 1 atom stereocenters. The number of carbonyl (C=O) groups is 2. The van der Waals surface area contributed by atoms with E-state index in [1.807, 2.05) is 0 Å². The van der Waals surface area contributed by atoms with Crippen molar-refractivity contribution in [2.75, 3.05) is 0 Å². The van der Waals surface area contributed by atoms with Gasteiger partial charge in [0.1, 0.15) is 11.5 Å². The number of aromatic hydroxyl groups is 1. The predicted octanol–water partition coefficient (Wildman–Crippen LogP) is 5.81. The number of rotatable bonds is 5. The van der Waals surface area contributed by atoms with Gasteiger partial charge in [-0.1, -0.05) is 32.4 Å². The molecular formula is C23H22ClF2NO5. The van der Waals surface area contributed by atoms with E-state index in [0.717, 1.165) is 0 Å². The first-order valence-corrected chi connectivity index (χ1v) is 10.1. The first-order chi connectivity index (χ1) is 14.8. The number of alkyl halides is 2. The van der Waals surface area contributed by atoms with Crippen molar-refractivity contribution in [2.24, 2.45) is 5.41 Å². The Kier molecular flexibility index (Phi) is 6.20. The molecule has 1 aromatic heterocycles. The molecule has 9 heteroatoms. The van der Waals surface area contributed by atoms with Crippen molar-refractivity contribution in [3.05, 3.63) is 58.2 Å². The van der Waals surface area contributed by atoms with Gasteiger partial charge in [0.25, 0.3) is 5.91 Å². The number of carbonyl (C=O) groups excluding carboxylic acids is 1. The van der Waals surface area contributed by atoms with Crippen molar-refractivity contribution < 1.29 is 33.3 Å². The van der Waals surface area contributed by atoms with E-state index in [-0.39, 0.29) is 22.1 Å². The van der Waals surface area contributed by atoms with Crippen molar-refractivity contribution in [3.8, 4) is 11.5 Å². The van der Waals surface area contributed by atoms with Crippen molar-refractivity contribution >= 4 is 34.4 Å². The van der Waals surface area contributed by atoms with Crippen LogP contribution in [0.3, 0.4) is 0 Å². The minimum Gasteiger partial charge on any atom is -0.506 e. The van der Waals surface area contributed by atoms with Crippen LogP contribution in [0.1, 0.15) is 48.3 Å². The number of phenols is 1. The van der Waals surface area contributed by atoms with Gasteiger partial charge in [-0.15, -0.1) is 0 Å². The number of hydrogen-bond acceptors (Lipinski definition) is 4. The van der Waals surface area contributed by atoms with E-state index in [1.54, 1.807) is 27.7 Å². The van der Waals surface area contributed by atoms with E-state index in [0.29, 0.717) is 22.2 Å². The number of hydrogen-bond donors (Lipinski definition) is 2. The molecule has 0 aliphatic carbocycles. The summed E-state index contributed by atoms with van der Waals surface area (Å²) in [5.74, 6) is -2.91. The highest BCUT2D eigenvalue weighted by atomic mass is 35.5. The molecule has 0 bridgehead atoms. The zero-order chi connectivity index (χ0) is 24.0. The summed E-state index contributed by atoms with van der Waals surface area (Å²) in [4.78, 5) is 25.6. The highest BCUT2D eigenvalue weighted by Crippen LogP contribution is 2.44. The van der Waals surface area contributed by atoms with Gasteiger partial charge in [-0.05, 0) is 54.3 Å². The second kappa shape index (κ2) is 8.43. The Hall–Kier alpha value is -3.13. The van der Waals surface area contributed by atoms with Crippen LogP contribution < -0.4 is 4.74 Å². The molecule has 3 rings (SSSR count). The number of carboxylic acids is 1. The Morgan fingerprint density at radius 3 is 2.22 bits per heavy atom. The first-order valence-electron chi connectivity index (χ1n) is 9.68. The molecule has 0 amide bonds. The lowest BCUT2D eigenvalue weighted by Crippen LogP contribution is -2.27. The average Bonchev–Trinajstić information content (AvgIpc) is 2.92. The summed E-state index contributed by atoms with van der Waals surface area (Å²) in [6, 6.07) is 7.92. The fourth-order valence-corrected chi connectivity index (χ4v) is 4.07. The largest absolute Gasteiger partial charge is 0.506 e. The summed E-state index contributed by atoms with van der Waals surface area (Å²) >= 11 is 6.09.